The van der Waals surface area contributed by atoms with Gasteiger partial charge in [-0.25, -0.2) is 0 Å². The Bertz CT molecular complexity index is 1130. The molecule has 2 aliphatic rings. The van der Waals surface area contributed by atoms with Crippen molar-refractivity contribution >= 4 is 40.7 Å². The number of amides is 3. The molecule has 2 N–H and O–H groups in total. The van der Waals surface area contributed by atoms with Crippen LogP contribution in [0, 0.1) is 0 Å². The predicted molar refractivity (Wildman–Crippen MR) is 128 cm³/mol. The summed E-state index contributed by atoms with van der Waals surface area (Å²) in [4.78, 5) is 42.1. The van der Waals surface area contributed by atoms with Crippen molar-refractivity contribution in [2.75, 3.05) is 56.7 Å². The predicted octanol–water partition coefficient (Wildman–Crippen LogP) is 1.97. The summed E-state index contributed by atoms with van der Waals surface area (Å²) in [6.07, 6.45) is 1.23. The lowest BCUT2D eigenvalue weighted by atomic mass is 10.1. The SMILES string of the molecule is COc1ccc(Cl)cc1C(=O)N1CCN(c2ccc(NC3=CC(=O)N(CCO)C3=O)cc2)CC1. The Labute approximate surface area is 202 Å². The van der Waals surface area contributed by atoms with E-state index >= 15 is 0 Å². The first kappa shape index (κ1) is 23.6. The molecule has 0 unspecified atom stereocenters. The number of aliphatic hydroxyl groups excluding tert-OH is 1. The highest BCUT2D eigenvalue weighted by Crippen LogP contribution is 2.26. The molecule has 1 saturated heterocycles. The highest BCUT2D eigenvalue weighted by molar-refractivity contribution is 6.31. The Balaban J connectivity index is 1.35. The third-order valence-electron chi connectivity index (χ3n) is 5.80. The van der Waals surface area contributed by atoms with Gasteiger partial charge in [0.05, 0.1) is 25.8 Å². The normalized spacial score (nSPS) is 16.1. The molecule has 0 saturated carbocycles. The standard InChI is InChI=1S/C24H25ClN4O5/c1-34-21-7-2-16(25)14-19(21)23(32)28-10-8-27(9-11-28)18-5-3-17(4-6-18)26-20-15-22(31)29(12-13-30)24(20)33/h2-7,14-15,26,30H,8-13H2,1H3. The van der Waals surface area contributed by atoms with E-state index in [1.54, 1.807) is 23.1 Å². The number of aliphatic hydroxyl groups is 1. The number of benzene rings is 2. The van der Waals surface area contributed by atoms with E-state index in [4.69, 9.17) is 21.4 Å². The topological polar surface area (TPSA) is 102 Å². The van der Waals surface area contributed by atoms with Crippen molar-refractivity contribution in [3.05, 3.63) is 64.8 Å². The first-order valence-electron chi connectivity index (χ1n) is 10.8. The molecular weight excluding hydrogens is 460 g/mol. The van der Waals surface area contributed by atoms with Gasteiger partial charge in [0.2, 0.25) is 0 Å². The molecule has 1 fully saturated rings. The van der Waals surface area contributed by atoms with Gasteiger partial charge < -0.3 is 25.0 Å². The van der Waals surface area contributed by atoms with Crippen molar-refractivity contribution in [3.8, 4) is 5.75 Å². The molecule has 0 radical (unpaired) electrons. The maximum Gasteiger partial charge on any atom is 0.277 e. The fourth-order valence-electron chi connectivity index (χ4n) is 4.01. The molecule has 0 aromatic heterocycles. The zero-order valence-corrected chi connectivity index (χ0v) is 19.4. The first-order valence-corrected chi connectivity index (χ1v) is 11.2. The minimum Gasteiger partial charge on any atom is -0.496 e. The summed E-state index contributed by atoms with van der Waals surface area (Å²) in [5.74, 6) is -0.518. The smallest absolute Gasteiger partial charge is 0.277 e. The van der Waals surface area contributed by atoms with Crippen molar-refractivity contribution in [2.24, 2.45) is 0 Å². The molecule has 2 aromatic carbocycles. The lowest BCUT2D eigenvalue weighted by Crippen LogP contribution is -2.48. The number of nitrogens with one attached hydrogen (secondary N) is 1. The number of methoxy groups -OCH3 is 1. The van der Waals surface area contributed by atoms with Crippen LogP contribution in [0.4, 0.5) is 11.4 Å². The van der Waals surface area contributed by atoms with E-state index in [1.807, 2.05) is 24.3 Å². The van der Waals surface area contributed by atoms with Gasteiger partial charge in [0, 0.05) is 48.7 Å². The van der Waals surface area contributed by atoms with Gasteiger partial charge in [-0.2, -0.15) is 0 Å². The molecule has 2 aromatic rings. The van der Waals surface area contributed by atoms with E-state index in [2.05, 4.69) is 10.2 Å². The molecule has 0 spiro atoms. The van der Waals surface area contributed by atoms with Crippen LogP contribution < -0.4 is 15.0 Å². The van der Waals surface area contributed by atoms with Crippen molar-refractivity contribution in [2.45, 2.75) is 0 Å². The summed E-state index contributed by atoms with van der Waals surface area (Å²) in [6.45, 7) is 2.12. The molecule has 4 rings (SSSR count). The minimum absolute atomic E-state index is 0.0309. The van der Waals surface area contributed by atoms with Crippen LogP contribution in [0.2, 0.25) is 5.02 Å². The quantitative estimate of drug-likeness (QED) is 0.579. The molecule has 9 nitrogen and oxygen atoms in total. The third kappa shape index (κ3) is 4.85. The fraction of sp³-hybridized carbons (Fsp3) is 0.292. The van der Waals surface area contributed by atoms with Gasteiger partial charge in [-0.05, 0) is 42.5 Å². The van der Waals surface area contributed by atoms with Gasteiger partial charge >= 0.3 is 0 Å². The molecule has 0 aliphatic carbocycles. The largest absolute Gasteiger partial charge is 0.496 e. The van der Waals surface area contributed by atoms with Crippen LogP contribution in [0.5, 0.6) is 5.75 Å². The second-order valence-corrected chi connectivity index (χ2v) is 8.31. The fourth-order valence-corrected chi connectivity index (χ4v) is 4.18. The number of hydrogen-bond acceptors (Lipinski definition) is 7. The Morgan fingerprint density at radius 3 is 2.44 bits per heavy atom. The summed E-state index contributed by atoms with van der Waals surface area (Å²) in [5.41, 5.74) is 2.28. The molecular formula is C24H25ClN4O5. The second kappa shape index (κ2) is 10.1. The van der Waals surface area contributed by atoms with Gasteiger partial charge in [0.15, 0.2) is 0 Å². The van der Waals surface area contributed by atoms with E-state index in [0.29, 0.717) is 48.2 Å². The highest BCUT2D eigenvalue weighted by Gasteiger charge is 2.30. The molecule has 34 heavy (non-hydrogen) atoms. The molecule has 0 atom stereocenters. The number of carbonyl (C=O) groups is 3. The van der Waals surface area contributed by atoms with Gasteiger partial charge in [0.25, 0.3) is 17.7 Å². The molecule has 3 amide bonds. The Hall–Kier alpha value is -3.56. The van der Waals surface area contributed by atoms with Gasteiger partial charge in [-0.1, -0.05) is 11.6 Å². The minimum atomic E-state index is -0.458. The summed E-state index contributed by atoms with van der Waals surface area (Å²) < 4.78 is 5.31. The lowest BCUT2D eigenvalue weighted by molar-refractivity contribution is -0.137. The van der Waals surface area contributed by atoms with Gasteiger partial charge in [-0.15, -0.1) is 0 Å². The van der Waals surface area contributed by atoms with Crippen molar-refractivity contribution in [3.63, 3.8) is 0 Å². The number of rotatable bonds is 7. The second-order valence-electron chi connectivity index (χ2n) is 7.87. The average molecular weight is 485 g/mol. The van der Waals surface area contributed by atoms with Crippen molar-refractivity contribution in [1.82, 2.24) is 9.80 Å². The molecule has 2 heterocycles. The first-order chi connectivity index (χ1) is 16.4. The van der Waals surface area contributed by atoms with Crippen LogP contribution in [0.3, 0.4) is 0 Å². The van der Waals surface area contributed by atoms with Crippen molar-refractivity contribution in [1.29, 1.82) is 0 Å². The lowest BCUT2D eigenvalue weighted by Gasteiger charge is -2.36. The number of carbonyl (C=O) groups excluding carboxylic acids is 3. The van der Waals surface area contributed by atoms with Crippen molar-refractivity contribution < 1.29 is 24.2 Å². The van der Waals surface area contributed by atoms with E-state index in [0.717, 1.165) is 10.6 Å². The Morgan fingerprint density at radius 1 is 1.09 bits per heavy atom. The maximum absolute atomic E-state index is 13.0. The summed E-state index contributed by atoms with van der Waals surface area (Å²) >= 11 is 6.07. The highest BCUT2D eigenvalue weighted by atomic mass is 35.5. The van der Waals surface area contributed by atoms with E-state index in [-0.39, 0.29) is 24.8 Å². The summed E-state index contributed by atoms with van der Waals surface area (Å²) in [6, 6.07) is 12.5. The van der Waals surface area contributed by atoms with E-state index in [9.17, 15) is 14.4 Å². The number of imide groups is 1. The van der Waals surface area contributed by atoms with Crippen LogP contribution in [0.15, 0.2) is 54.2 Å². The molecule has 0 bridgehead atoms. The number of nitrogens with zero attached hydrogens (tertiary/aromatic N) is 3. The molecule has 178 valence electrons. The molecule has 10 heteroatoms. The van der Waals surface area contributed by atoms with Crippen LogP contribution in [0.25, 0.3) is 0 Å². The number of hydrogen-bond donors (Lipinski definition) is 2. The number of piperazine rings is 1. The average Bonchev–Trinajstić information content (AvgIpc) is 3.11. The number of anilines is 2. The van der Waals surface area contributed by atoms with E-state index < -0.39 is 11.8 Å². The molecule has 2 aliphatic heterocycles. The summed E-state index contributed by atoms with van der Waals surface area (Å²) in [5, 5.41) is 12.5. The van der Waals surface area contributed by atoms with Crippen LogP contribution >= 0.6 is 11.6 Å². The Morgan fingerprint density at radius 2 is 1.79 bits per heavy atom. The van der Waals surface area contributed by atoms with Gasteiger partial charge in [0.1, 0.15) is 11.4 Å². The number of halogens is 1. The van der Waals surface area contributed by atoms with Crippen LogP contribution in [-0.2, 0) is 9.59 Å². The Kier molecular flexibility index (Phi) is 7.04. The zero-order chi connectivity index (χ0) is 24.2. The maximum atomic E-state index is 13.0. The third-order valence-corrected chi connectivity index (χ3v) is 6.04. The number of β-amino-alcohol motifs (C(OH)–C–C–N with tert-alkyl or cyclic N) is 1. The van der Waals surface area contributed by atoms with Gasteiger partial charge in [-0.3, -0.25) is 19.3 Å². The monoisotopic (exact) mass is 484 g/mol. The summed E-state index contributed by atoms with van der Waals surface area (Å²) in [7, 11) is 1.53. The van der Waals surface area contributed by atoms with Crippen LogP contribution in [-0.4, -0.2) is 79.1 Å². The number of ether oxygens (including phenoxy) is 1. The zero-order valence-electron chi connectivity index (χ0n) is 18.7. The van der Waals surface area contributed by atoms with Crippen LogP contribution in [0.1, 0.15) is 10.4 Å². The van der Waals surface area contributed by atoms with E-state index in [1.165, 1.54) is 13.2 Å².